The molecule has 0 fully saturated rings. The lowest BCUT2D eigenvalue weighted by Crippen LogP contribution is -2.38. The minimum absolute atomic E-state index is 0.324. The number of hydrogen-bond donors (Lipinski definition) is 2. The van der Waals surface area contributed by atoms with Crippen molar-refractivity contribution in [3.05, 3.63) is 28.2 Å². The molecule has 4 nitrogen and oxygen atoms in total. The Balaban J connectivity index is 2.93. The molecule has 0 saturated carbocycles. The summed E-state index contributed by atoms with van der Waals surface area (Å²) in [6, 6.07) is 3.27. The Kier molecular flexibility index (Phi) is 5.19. The van der Waals surface area contributed by atoms with Gasteiger partial charge in [-0.05, 0) is 33.6 Å². The first-order chi connectivity index (χ1) is 8.74. The van der Waals surface area contributed by atoms with Crippen molar-refractivity contribution in [3.63, 3.8) is 0 Å². The Morgan fingerprint density at radius 1 is 1.53 bits per heavy atom. The fourth-order valence-corrected chi connectivity index (χ4v) is 2.02. The van der Waals surface area contributed by atoms with E-state index in [1.165, 1.54) is 25.3 Å². The van der Waals surface area contributed by atoms with Crippen molar-refractivity contribution in [1.29, 1.82) is 0 Å². The maximum atomic E-state index is 12.1. The van der Waals surface area contributed by atoms with Crippen molar-refractivity contribution in [3.8, 4) is 5.75 Å². The lowest BCUT2D eigenvalue weighted by Gasteiger charge is -2.18. The first-order valence-corrected chi connectivity index (χ1v) is 5.97. The highest BCUT2D eigenvalue weighted by Crippen LogP contribution is 2.28. The number of hydrogen-bond acceptors (Lipinski definition) is 3. The lowest BCUT2D eigenvalue weighted by atomic mass is 10.1. The van der Waals surface area contributed by atoms with E-state index in [2.05, 4.69) is 21.2 Å². The van der Waals surface area contributed by atoms with Gasteiger partial charge in [0, 0.05) is 0 Å². The van der Waals surface area contributed by atoms with Crippen LogP contribution in [0.2, 0.25) is 0 Å². The molecule has 0 heterocycles. The van der Waals surface area contributed by atoms with Gasteiger partial charge in [-0.3, -0.25) is 10.1 Å². The maximum absolute atomic E-state index is 12.1. The summed E-state index contributed by atoms with van der Waals surface area (Å²) in [7, 11) is 1.45. The third kappa shape index (κ3) is 4.71. The second-order valence-electron chi connectivity index (χ2n) is 3.73. The van der Waals surface area contributed by atoms with Gasteiger partial charge in [0.15, 0.2) is 0 Å². The third-order valence-corrected chi connectivity index (χ3v) is 2.92. The number of benzene rings is 1. The zero-order valence-corrected chi connectivity index (χ0v) is 11.5. The number of nitrogens with two attached hydrogens (primary N) is 1. The summed E-state index contributed by atoms with van der Waals surface area (Å²) in [5.41, 5.74) is 5.43. The number of halogens is 4. The second kappa shape index (κ2) is 6.25. The minimum Gasteiger partial charge on any atom is -0.496 e. The zero-order chi connectivity index (χ0) is 14.6. The van der Waals surface area contributed by atoms with Crippen molar-refractivity contribution < 1.29 is 22.7 Å². The van der Waals surface area contributed by atoms with E-state index in [-0.39, 0.29) is 0 Å². The zero-order valence-electron chi connectivity index (χ0n) is 9.92. The van der Waals surface area contributed by atoms with Crippen LogP contribution < -0.4 is 15.8 Å². The molecule has 1 unspecified atom stereocenters. The fraction of sp³-hybridized carbons (Fsp3) is 0.364. The van der Waals surface area contributed by atoms with Gasteiger partial charge in [-0.1, -0.05) is 6.07 Å². The first-order valence-electron chi connectivity index (χ1n) is 5.17. The Morgan fingerprint density at radius 3 is 2.58 bits per heavy atom. The van der Waals surface area contributed by atoms with Crippen molar-refractivity contribution in [1.82, 2.24) is 5.32 Å². The SMILES string of the molecule is COc1ccc(C(NCC(F)(F)F)C(N)=O)cc1Br. The van der Waals surface area contributed by atoms with Gasteiger partial charge in [0.05, 0.1) is 18.1 Å². The number of amides is 1. The van der Waals surface area contributed by atoms with E-state index in [0.717, 1.165) is 0 Å². The number of carbonyl (C=O) groups is 1. The average Bonchev–Trinajstić information content (AvgIpc) is 2.27. The van der Waals surface area contributed by atoms with Crippen LogP contribution in [0.25, 0.3) is 0 Å². The van der Waals surface area contributed by atoms with Crippen LogP contribution in [0.15, 0.2) is 22.7 Å². The smallest absolute Gasteiger partial charge is 0.401 e. The minimum atomic E-state index is -4.42. The molecule has 0 aliphatic heterocycles. The molecule has 1 atom stereocenters. The van der Waals surface area contributed by atoms with Crippen LogP contribution in [0.1, 0.15) is 11.6 Å². The summed E-state index contributed by atoms with van der Waals surface area (Å²) in [5, 5.41) is 2.08. The number of alkyl halides is 3. The number of ether oxygens (including phenoxy) is 1. The van der Waals surface area contributed by atoms with Crippen molar-refractivity contribution in [2.45, 2.75) is 12.2 Å². The molecule has 1 rings (SSSR count). The molecule has 3 N–H and O–H groups in total. The predicted octanol–water partition coefficient (Wildman–Crippen LogP) is 2.14. The van der Waals surface area contributed by atoms with Crippen molar-refractivity contribution in [2.75, 3.05) is 13.7 Å². The van der Waals surface area contributed by atoms with Gasteiger partial charge in [-0.15, -0.1) is 0 Å². The van der Waals surface area contributed by atoms with Gasteiger partial charge in [0.2, 0.25) is 5.91 Å². The average molecular weight is 341 g/mol. The summed E-state index contributed by atoms with van der Waals surface area (Å²) < 4.78 is 42.0. The molecule has 0 spiro atoms. The van der Waals surface area contributed by atoms with Gasteiger partial charge < -0.3 is 10.5 Å². The predicted molar refractivity (Wildman–Crippen MR) is 66.7 cm³/mol. The van der Waals surface area contributed by atoms with Crippen LogP contribution >= 0.6 is 15.9 Å². The number of rotatable bonds is 5. The first kappa shape index (κ1) is 15.8. The Labute approximate surface area is 116 Å². The number of nitrogens with one attached hydrogen (secondary N) is 1. The summed E-state index contributed by atoms with van der Waals surface area (Å²) in [5.74, 6) is -0.385. The normalized spacial score (nSPS) is 13.1. The Hall–Kier alpha value is -1.28. The monoisotopic (exact) mass is 340 g/mol. The van der Waals surface area contributed by atoms with Crippen LogP contribution in [-0.2, 0) is 4.79 Å². The van der Waals surface area contributed by atoms with E-state index in [9.17, 15) is 18.0 Å². The van der Waals surface area contributed by atoms with E-state index >= 15 is 0 Å². The molecule has 0 radical (unpaired) electrons. The van der Waals surface area contributed by atoms with Gasteiger partial charge in [-0.25, -0.2) is 0 Å². The lowest BCUT2D eigenvalue weighted by molar-refractivity contribution is -0.130. The summed E-state index contributed by atoms with van der Waals surface area (Å²) in [4.78, 5) is 11.2. The number of methoxy groups -OCH3 is 1. The molecular formula is C11H12BrF3N2O2. The molecule has 0 aromatic heterocycles. The molecule has 19 heavy (non-hydrogen) atoms. The summed E-state index contributed by atoms with van der Waals surface area (Å²) in [6.07, 6.45) is -4.42. The Bertz CT molecular complexity index is 466. The molecule has 8 heteroatoms. The number of carbonyl (C=O) groups excluding carboxylic acids is 1. The van der Waals surface area contributed by atoms with Gasteiger partial charge in [0.1, 0.15) is 11.8 Å². The van der Waals surface area contributed by atoms with E-state index in [1.807, 2.05) is 0 Å². The van der Waals surface area contributed by atoms with E-state index in [1.54, 1.807) is 0 Å². The fourth-order valence-electron chi connectivity index (χ4n) is 1.46. The quantitative estimate of drug-likeness (QED) is 0.863. The highest BCUT2D eigenvalue weighted by Gasteiger charge is 2.30. The van der Waals surface area contributed by atoms with E-state index < -0.39 is 24.7 Å². The highest BCUT2D eigenvalue weighted by atomic mass is 79.9. The van der Waals surface area contributed by atoms with Gasteiger partial charge >= 0.3 is 6.18 Å². The molecular weight excluding hydrogens is 329 g/mol. The standard InChI is InChI=1S/C11H12BrF3N2O2/c1-19-8-3-2-6(4-7(8)12)9(10(16)18)17-5-11(13,14)15/h2-4,9,17H,5H2,1H3,(H2,16,18). The van der Waals surface area contributed by atoms with Crippen molar-refractivity contribution >= 4 is 21.8 Å². The van der Waals surface area contributed by atoms with Crippen molar-refractivity contribution in [2.24, 2.45) is 5.73 Å². The summed E-state index contributed by atoms with van der Waals surface area (Å²) in [6.45, 7) is -1.30. The summed E-state index contributed by atoms with van der Waals surface area (Å²) >= 11 is 3.19. The van der Waals surface area contributed by atoms with E-state index in [0.29, 0.717) is 15.8 Å². The molecule has 1 aromatic rings. The molecule has 1 amide bonds. The molecule has 1 aromatic carbocycles. The van der Waals surface area contributed by atoms with Crippen LogP contribution in [0.5, 0.6) is 5.75 Å². The molecule has 0 bridgehead atoms. The molecule has 0 aliphatic rings. The topological polar surface area (TPSA) is 64.3 Å². The van der Waals surface area contributed by atoms with Crippen LogP contribution in [0, 0.1) is 0 Å². The maximum Gasteiger partial charge on any atom is 0.401 e. The van der Waals surface area contributed by atoms with Crippen LogP contribution in [0.4, 0.5) is 13.2 Å². The van der Waals surface area contributed by atoms with Gasteiger partial charge in [-0.2, -0.15) is 13.2 Å². The molecule has 0 aliphatic carbocycles. The third-order valence-electron chi connectivity index (χ3n) is 2.30. The van der Waals surface area contributed by atoms with E-state index in [4.69, 9.17) is 10.5 Å². The van der Waals surface area contributed by atoms with Crippen LogP contribution in [0.3, 0.4) is 0 Å². The Morgan fingerprint density at radius 2 is 2.16 bits per heavy atom. The molecule has 106 valence electrons. The van der Waals surface area contributed by atoms with Gasteiger partial charge in [0.25, 0.3) is 0 Å². The second-order valence-corrected chi connectivity index (χ2v) is 4.58. The molecule has 0 saturated heterocycles. The van der Waals surface area contributed by atoms with Crippen LogP contribution in [-0.4, -0.2) is 25.7 Å². The largest absolute Gasteiger partial charge is 0.496 e. The number of primary amides is 1. The highest BCUT2D eigenvalue weighted by molar-refractivity contribution is 9.10.